The summed E-state index contributed by atoms with van der Waals surface area (Å²) in [6.45, 7) is 4.53. The molecule has 2 heteroatoms. The Morgan fingerprint density at radius 1 is 1.04 bits per heavy atom. The molecule has 1 aliphatic carbocycles. The summed E-state index contributed by atoms with van der Waals surface area (Å²) in [5.74, 6) is 0. The van der Waals surface area contributed by atoms with Gasteiger partial charge in [0.25, 0.3) is 0 Å². The van der Waals surface area contributed by atoms with Crippen LogP contribution in [0.1, 0.15) is 70.3 Å². The second-order valence-corrected chi connectivity index (χ2v) is 7.22. The molecule has 1 N–H and O–H groups in total. The molecular formula is C21H31NO. The van der Waals surface area contributed by atoms with E-state index in [0.29, 0.717) is 0 Å². The number of rotatable bonds is 9. The monoisotopic (exact) mass is 313 g/mol. The normalized spacial score (nSPS) is 17.1. The van der Waals surface area contributed by atoms with Crippen LogP contribution in [0.4, 0.5) is 0 Å². The van der Waals surface area contributed by atoms with Crippen LogP contribution in [0.2, 0.25) is 0 Å². The van der Waals surface area contributed by atoms with Crippen LogP contribution in [0, 0.1) is 0 Å². The molecule has 0 bridgehead atoms. The number of unbranched alkanes of at least 4 members (excludes halogenated alkanes) is 4. The minimum Gasteiger partial charge on any atom is -0.464 e. The molecule has 1 aromatic carbocycles. The van der Waals surface area contributed by atoms with Crippen LogP contribution < -0.4 is 5.32 Å². The number of benzene rings is 1. The highest BCUT2D eigenvalue weighted by atomic mass is 16.3. The summed E-state index contributed by atoms with van der Waals surface area (Å²) >= 11 is 0. The summed E-state index contributed by atoms with van der Waals surface area (Å²) in [5, 5.41) is 5.08. The quantitative estimate of drug-likeness (QED) is 0.591. The Morgan fingerprint density at radius 2 is 1.83 bits per heavy atom. The Morgan fingerprint density at radius 3 is 2.65 bits per heavy atom. The molecule has 1 aromatic heterocycles. The lowest BCUT2D eigenvalue weighted by atomic mass is 9.78. The zero-order valence-electron chi connectivity index (χ0n) is 14.6. The summed E-state index contributed by atoms with van der Waals surface area (Å²) in [6.07, 6.45) is 14.1. The SMILES string of the molecule is CCCCCCCNCC1(c2coc3ccccc23)CCCC1. The van der Waals surface area contributed by atoms with E-state index in [0.717, 1.165) is 18.7 Å². The molecule has 0 amide bonds. The van der Waals surface area contributed by atoms with Crippen molar-refractivity contribution in [1.29, 1.82) is 0 Å². The van der Waals surface area contributed by atoms with Gasteiger partial charge in [0.1, 0.15) is 5.58 Å². The van der Waals surface area contributed by atoms with Crippen molar-refractivity contribution in [2.45, 2.75) is 70.1 Å². The van der Waals surface area contributed by atoms with E-state index in [1.807, 2.05) is 6.26 Å². The van der Waals surface area contributed by atoms with Crippen LogP contribution in [0.15, 0.2) is 34.9 Å². The third-order valence-corrected chi connectivity index (χ3v) is 5.53. The standard InChI is InChI=1S/C21H31NO/c1-2-3-4-5-10-15-22-17-21(13-8-9-14-21)19-16-23-20-12-7-6-11-18(19)20/h6-7,11-12,16,22H,2-5,8-10,13-15,17H2,1H3. The van der Waals surface area contributed by atoms with E-state index in [4.69, 9.17) is 4.42 Å². The van der Waals surface area contributed by atoms with Crippen molar-refractivity contribution in [3.05, 3.63) is 36.1 Å². The first-order valence-electron chi connectivity index (χ1n) is 9.53. The van der Waals surface area contributed by atoms with Gasteiger partial charge in [0.05, 0.1) is 6.26 Å². The largest absolute Gasteiger partial charge is 0.464 e. The zero-order chi connectivity index (χ0) is 16.0. The molecule has 1 aliphatic rings. The number of fused-ring (bicyclic) bond motifs is 1. The highest BCUT2D eigenvalue weighted by Crippen LogP contribution is 2.44. The molecule has 126 valence electrons. The lowest BCUT2D eigenvalue weighted by Gasteiger charge is -2.29. The van der Waals surface area contributed by atoms with E-state index < -0.39 is 0 Å². The summed E-state index contributed by atoms with van der Waals surface area (Å²) in [4.78, 5) is 0. The van der Waals surface area contributed by atoms with Gasteiger partial charge in [-0.25, -0.2) is 0 Å². The first-order chi connectivity index (χ1) is 11.4. The van der Waals surface area contributed by atoms with E-state index in [-0.39, 0.29) is 5.41 Å². The maximum absolute atomic E-state index is 5.83. The van der Waals surface area contributed by atoms with Crippen LogP contribution >= 0.6 is 0 Å². The second kappa shape index (κ2) is 8.01. The molecule has 2 aromatic rings. The lowest BCUT2D eigenvalue weighted by molar-refractivity contribution is 0.399. The predicted octanol–water partition coefficient (Wildman–Crippen LogP) is 5.80. The van der Waals surface area contributed by atoms with Crippen molar-refractivity contribution in [3.8, 4) is 0 Å². The van der Waals surface area contributed by atoms with Gasteiger partial charge in [-0.1, -0.05) is 63.6 Å². The third kappa shape index (κ3) is 3.80. The fourth-order valence-corrected chi connectivity index (χ4v) is 4.16. The van der Waals surface area contributed by atoms with E-state index in [2.05, 4.69) is 36.5 Å². The fraction of sp³-hybridized carbons (Fsp3) is 0.619. The Kier molecular flexibility index (Phi) is 5.77. The van der Waals surface area contributed by atoms with E-state index in [1.54, 1.807) is 0 Å². The van der Waals surface area contributed by atoms with Gasteiger partial charge in [-0.05, 0) is 31.9 Å². The molecule has 0 atom stereocenters. The highest BCUT2D eigenvalue weighted by molar-refractivity contribution is 5.82. The van der Waals surface area contributed by atoms with Crippen LogP contribution in [0.25, 0.3) is 11.0 Å². The van der Waals surface area contributed by atoms with Gasteiger partial charge in [0.2, 0.25) is 0 Å². The van der Waals surface area contributed by atoms with Gasteiger partial charge in [0, 0.05) is 22.9 Å². The summed E-state index contributed by atoms with van der Waals surface area (Å²) < 4.78 is 5.83. The van der Waals surface area contributed by atoms with E-state index in [1.165, 1.54) is 68.7 Å². The van der Waals surface area contributed by atoms with Crippen LogP contribution in [0.3, 0.4) is 0 Å². The number of hydrogen-bond acceptors (Lipinski definition) is 2. The van der Waals surface area contributed by atoms with Crippen LogP contribution in [-0.2, 0) is 5.41 Å². The average molecular weight is 313 g/mol. The lowest BCUT2D eigenvalue weighted by Crippen LogP contribution is -2.36. The van der Waals surface area contributed by atoms with Gasteiger partial charge in [-0.2, -0.15) is 0 Å². The first-order valence-corrected chi connectivity index (χ1v) is 9.53. The van der Waals surface area contributed by atoms with Gasteiger partial charge < -0.3 is 9.73 Å². The zero-order valence-corrected chi connectivity index (χ0v) is 14.6. The summed E-state index contributed by atoms with van der Waals surface area (Å²) in [6, 6.07) is 8.50. The maximum atomic E-state index is 5.83. The number of para-hydroxylation sites is 1. The minimum atomic E-state index is 0.288. The van der Waals surface area contributed by atoms with Gasteiger partial charge in [-0.15, -0.1) is 0 Å². The molecule has 2 nitrogen and oxygen atoms in total. The fourth-order valence-electron chi connectivity index (χ4n) is 4.16. The molecule has 0 unspecified atom stereocenters. The number of hydrogen-bond donors (Lipinski definition) is 1. The molecule has 1 heterocycles. The van der Waals surface area contributed by atoms with Crippen LogP contribution in [-0.4, -0.2) is 13.1 Å². The molecule has 3 rings (SSSR count). The smallest absolute Gasteiger partial charge is 0.134 e. The maximum Gasteiger partial charge on any atom is 0.134 e. The van der Waals surface area contributed by atoms with Crippen molar-refractivity contribution in [3.63, 3.8) is 0 Å². The highest BCUT2D eigenvalue weighted by Gasteiger charge is 2.37. The van der Waals surface area contributed by atoms with Gasteiger partial charge >= 0.3 is 0 Å². The Balaban J connectivity index is 1.61. The third-order valence-electron chi connectivity index (χ3n) is 5.53. The summed E-state index contributed by atoms with van der Waals surface area (Å²) in [5.41, 5.74) is 2.76. The molecule has 0 aliphatic heterocycles. The Hall–Kier alpha value is -1.28. The van der Waals surface area contributed by atoms with Crippen molar-refractivity contribution >= 4 is 11.0 Å². The second-order valence-electron chi connectivity index (χ2n) is 7.22. The van der Waals surface area contributed by atoms with Crippen LogP contribution in [0.5, 0.6) is 0 Å². The molecule has 0 saturated heterocycles. The number of nitrogens with one attached hydrogen (secondary N) is 1. The Labute approximate surface area is 140 Å². The average Bonchev–Trinajstić information content (AvgIpc) is 3.21. The van der Waals surface area contributed by atoms with E-state index in [9.17, 15) is 0 Å². The molecule has 23 heavy (non-hydrogen) atoms. The van der Waals surface area contributed by atoms with Crippen molar-refractivity contribution < 1.29 is 4.42 Å². The minimum absolute atomic E-state index is 0.288. The van der Waals surface area contributed by atoms with Gasteiger partial charge in [0.15, 0.2) is 0 Å². The Bertz CT molecular complexity index is 595. The van der Waals surface area contributed by atoms with Crippen molar-refractivity contribution in [2.75, 3.05) is 13.1 Å². The molecule has 1 fully saturated rings. The predicted molar refractivity (Wildman–Crippen MR) is 98.0 cm³/mol. The first kappa shape index (κ1) is 16.6. The molecule has 1 saturated carbocycles. The summed E-state index contributed by atoms with van der Waals surface area (Å²) in [7, 11) is 0. The number of furan rings is 1. The topological polar surface area (TPSA) is 25.2 Å². The molecule has 0 radical (unpaired) electrons. The molecule has 0 spiro atoms. The van der Waals surface area contributed by atoms with Gasteiger partial charge in [-0.3, -0.25) is 0 Å². The van der Waals surface area contributed by atoms with Crippen molar-refractivity contribution in [2.24, 2.45) is 0 Å². The van der Waals surface area contributed by atoms with E-state index >= 15 is 0 Å². The molecular weight excluding hydrogens is 282 g/mol. The van der Waals surface area contributed by atoms with Crippen molar-refractivity contribution in [1.82, 2.24) is 5.32 Å².